The predicted molar refractivity (Wildman–Crippen MR) is 56.8 cm³/mol. The van der Waals surface area contributed by atoms with Gasteiger partial charge in [-0.3, -0.25) is 4.79 Å². The highest BCUT2D eigenvalue weighted by Gasteiger charge is 2.10. The minimum atomic E-state index is -0.462. The Kier molecular flexibility index (Phi) is 2.17. The molecule has 0 fully saturated rings. The van der Waals surface area contributed by atoms with Gasteiger partial charge in [-0.05, 0) is 18.2 Å². The second kappa shape index (κ2) is 3.35. The lowest BCUT2D eigenvalue weighted by Crippen LogP contribution is -2.11. The van der Waals surface area contributed by atoms with E-state index in [1.807, 2.05) is 18.2 Å². The fraction of sp³-hybridized carbons (Fsp3) is 0.100. The van der Waals surface area contributed by atoms with Gasteiger partial charge in [-0.2, -0.15) is 0 Å². The van der Waals surface area contributed by atoms with E-state index >= 15 is 0 Å². The van der Waals surface area contributed by atoms with Gasteiger partial charge < -0.3 is 10.7 Å². The SMILES string of the molecule is NC(=O)c1cc2c([nH]1)C=CCC(Cl)=C2. The van der Waals surface area contributed by atoms with E-state index in [9.17, 15) is 4.79 Å². The molecule has 1 aliphatic rings. The van der Waals surface area contributed by atoms with Crippen molar-refractivity contribution in [3.05, 3.63) is 34.1 Å². The summed E-state index contributed by atoms with van der Waals surface area (Å²) < 4.78 is 0. The number of hydrogen-bond donors (Lipinski definition) is 2. The molecule has 1 amide bonds. The maximum atomic E-state index is 10.9. The second-order valence-electron chi connectivity index (χ2n) is 3.11. The summed E-state index contributed by atoms with van der Waals surface area (Å²) in [4.78, 5) is 13.8. The Morgan fingerprint density at radius 3 is 3.07 bits per heavy atom. The van der Waals surface area contributed by atoms with Crippen LogP contribution >= 0.6 is 11.6 Å². The monoisotopic (exact) mass is 208 g/mol. The van der Waals surface area contributed by atoms with Crippen molar-refractivity contribution in [3.8, 4) is 0 Å². The van der Waals surface area contributed by atoms with Crippen molar-refractivity contribution >= 4 is 29.7 Å². The average Bonchev–Trinajstić information content (AvgIpc) is 2.42. The van der Waals surface area contributed by atoms with Crippen molar-refractivity contribution in [3.63, 3.8) is 0 Å². The molecule has 14 heavy (non-hydrogen) atoms. The number of rotatable bonds is 1. The molecule has 1 aromatic heterocycles. The van der Waals surface area contributed by atoms with E-state index in [-0.39, 0.29) is 0 Å². The Bertz CT molecular complexity index is 443. The van der Waals surface area contributed by atoms with Crippen LogP contribution in [-0.4, -0.2) is 10.9 Å². The minimum absolute atomic E-state index is 0.405. The van der Waals surface area contributed by atoms with Crippen LogP contribution in [0.5, 0.6) is 0 Å². The van der Waals surface area contributed by atoms with Crippen LogP contribution in [0.15, 0.2) is 17.2 Å². The number of nitrogens with two attached hydrogens (primary N) is 1. The molecular weight excluding hydrogens is 200 g/mol. The van der Waals surface area contributed by atoms with Gasteiger partial charge in [0.2, 0.25) is 0 Å². The third-order valence-corrected chi connectivity index (χ3v) is 2.32. The molecule has 1 aromatic rings. The maximum absolute atomic E-state index is 10.9. The number of carbonyl (C=O) groups excluding carboxylic acids is 1. The lowest BCUT2D eigenvalue weighted by molar-refractivity contribution is 0.0996. The molecule has 0 unspecified atom stereocenters. The second-order valence-corrected chi connectivity index (χ2v) is 3.60. The van der Waals surface area contributed by atoms with Gasteiger partial charge in [-0.15, -0.1) is 0 Å². The number of halogens is 1. The number of hydrogen-bond acceptors (Lipinski definition) is 1. The summed E-state index contributed by atoms with van der Waals surface area (Å²) in [6, 6.07) is 1.70. The zero-order valence-corrected chi connectivity index (χ0v) is 8.14. The van der Waals surface area contributed by atoms with Crippen molar-refractivity contribution in [2.75, 3.05) is 0 Å². The smallest absolute Gasteiger partial charge is 0.265 e. The molecule has 0 spiro atoms. The van der Waals surface area contributed by atoms with Gasteiger partial charge in [-0.25, -0.2) is 0 Å². The van der Waals surface area contributed by atoms with Crippen LogP contribution in [0.3, 0.4) is 0 Å². The zero-order chi connectivity index (χ0) is 10.1. The highest BCUT2D eigenvalue weighted by molar-refractivity contribution is 6.31. The van der Waals surface area contributed by atoms with Gasteiger partial charge in [0.25, 0.3) is 5.91 Å². The number of fused-ring (bicyclic) bond motifs is 1. The Morgan fingerprint density at radius 1 is 1.57 bits per heavy atom. The molecule has 3 N–H and O–H groups in total. The lowest BCUT2D eigenvalue weighted by atomic mass is 10.2. The topological polar surface area (TPSA) is 58.9 Å². The first-order valence-electron chi connectivity index (χ1n) is 4.22. The third kappa shape index (κ3) is 1.59. The maximum Gasteiger partial charge on any atom is 0.265 e. The van der Waals surface area contributed by atoms with E-state index in [2.05, 4.69) is 4.98 Å². The largest absolute Gasteiger partial charge is 0.364 e. The first kappa shape index (κ1) is 9.09. The summed E-state index contributed by atoms with van der Waals surface area (Å²) in [7, 11) is 0. The molecule has 0 aromatic carbocycles. The number of nitrogens with one attached hydrogen (secondary N) is 1. The normalized spacial score (nSPS) is 14.5. The van der Waals surface area contributed by atoms with Crippen LogP contribution in [0.1, 0.15) is 28.2 Å². The quantitative estimate of drug-likeness (QED) is 0.730. The van der Waals surface area contributed by atoms with Crippen molar-refractivity contribution in [1.82, 2.24) is 4.98 Å². The number of primary amides is 1. The molecule has 1 heterocycles. The van der Waals surface area contributed by atoms with Gasteiger partial charge in [-0.1, -0.05) is 17.7 Å². The summed E-state index contributed by atoms with van der Waals surface area (Å²) >= 11 is 5.92. The van der Waals surface area contributed by atoms with Crippen LogP contribution in [0, 0.1) is 0 Å². The Morgan fingerprint density at radius 2 is 2.36 bits per heavy atom. The molecule has 0 saturated carbocycles. The summed E-state index contributed by atoms with van der Waals surface area (Å²) in [5.41, 5.74) is 7.33. The first-order valence-corrected chi connectivity index (χ1v) is 4.60. The van der Waals surface area contributed by atoms with Crippen LogP contribution in [0.25, 0.3) is 12.2 Å². The van der Waals surface area contributed by atoms with Crippen LogP contribution in [0.4, 0.5) is 0 Å². The van der Waals surface area contributed by atoms with Crippen molar-refractivity contribution in [2.24, 2.45) is 5.73 Å². The summed E-state index contributed by atoms with van der Waals surface area (Å²) in [6.07, 6.45) is 6.38. The minimum Gasteiger partial charge on any atom is -0.364 e. The Balaban J connectivity index is 2.52. The van der Waals surface area contributed by atoms with Crippen LogP contribution in [0.2, 0.25) is 0 Å². The number of H-pyrrole nitrogens is 1. The molecule has 0 aliphatic heterocycles. The summed E-state index contributed by atoms with van der Waals surface area (Å²) in [6.45, 7) is 0. The molecule has 0 bridgehead atoms. The van der Waals surface area contributed by atoms with Crippen molar-refractivity contribution < 1.29 is 4.79 Å². The van der Waals surface area contributed by atoms with Crippen molar-refractivity contribution in [1.29, 1.82) is 0 Å². The number of aromatic nitrogens is 1. The highest BCUT2D eigenvalue weighted by atomic mass is 35.5. The molecular formula is C10H9ClN2O. The van der Waals surface area contributed by atoms with E-state index in [0.717, 1.165) is 22.7 Å². The fourth-order valence-corrected chi connectivity index (χ4v) is 1.60. The number of amides is 1. The van der Waals surface area contributed by atoms with Crippen LogP contribution < -0.4 is 5.73 Å². The number of aromatic amines is 1. The van der Waals surface area contributed by atoms with Gasteiger partial charge in [0, 0.05) is 22.7 Å². The summed E-state index contributed by atoms with van der Waals surface area (Å²) in [5.74, 6) is -0.462. The molecule has 72 valence electrons. The standard InChI is InChI=1S/C10H9ClN2O/c11-7-2-1-3-8-6(4-7)5-9(13-8)10(12)14/h1,3-5,13H,2H2,(H2,12,14). The molecule has 4 heteroatoms. The number of allylic oxidation sites excluding steroid dienone is 2. The third-order valence-electron chi connectivity index (χ3n) is 2.06. The van der Waals surface area contributed by atoms with Gasteiger partial charge in [0.15, 0.2) is 0 Å². The highest BCUT2D eigenvalue weighted by Crippen LogP contribution is 2.23. The first-order chi connectivity index (χ1) is 6.66. The lowest BCUT2D eigenvalue weighted by Gasteiger charge is -1.88. The molecule has 0 radical (unpaired) electrons. The zero-order valence-electron chi connectivity index (χ0n) is 7.38. The van der Waals surface area contributed by atoms with Gasteiger partial charge >= 0.3 is 0 Å². The van der Waals surface area contributed by atoms with Gasteiger partial charge in [0.1, 0.15) is 5.69 Å². The van der Waals surface area contributed by atoms with Crippen molar-refractivity contribution in [2.45, 2.75) is 6.42 Å². The Hall–Kier alpha value is -1.48. The molecule has 1 aliphatic carbocycles. The molecule has 2 rings (SSSR count). The number of carbonyl (C=O) groups is 1. The molecule has 0 saturated heterocycles. The van der Waals surface area contributed by atoms with E-state index < -0.39 is 5.91 Å². The predicted octanol–water partition coefficient (Wildman–Crippen LogP) is 2.11. The van der Waals surface area contributed by atoms with E-state index in [1.54, 1.807) is 6.07 Å². The average molecular weight is 209 g/mol. The fourth-order valence-electron chi connectivity index (χ4n) is 1.39. The van der Waals surface area contributed by atoms with E-state index in [1.165, 1.54) is 0 Å². The molecule has 3 nitrogen and oxygen atoms in total. The summed E-state index contributed by atoms with van der Waals surface area (Å²) in [5, 5.41) is 0.745. The van der Waals surface area contributed by atoms with E-state index in [0.29, 0.717) is 5.69 Å². The van der Waals surface area contributed by atoms with Crippen LogP contribution in [-0.2, 0) is 0 Å². The Labute approximate surface area is 86.2 Å². The molecule has 0 atom stereocenters. The van der Waals surface area contributed by atoms with E-state index in [4.69, 9.17) is 17.3 Å². The van der Waals surface area contributed by atoms with Gasteiger partial charge in [0.05, 0.1) is 0 Å².